The number of aliphatic hydroxyl groups is 1. The molecule has 22 heavy (non-hydrogen) atoms. The maximum atomic E-state index is 12.4. The number of piperidine rings is 1. The number of anilines is 1. The van der Waals surface area contributed by atoms with Gasteiger partial charge in [-0.25, -0.2) is 9.97 Å². The van der Waals surface area contributed by atoms with Gasteiger partial charge in [0.15, 0.2) is 0 Å². The standard InChI is InChI=1S/C15H24N4O2S/c1-22-9-5-13(11-20)18-14(21)12-4-2-8-19(10-12)15-16-6-3-7-17-15/h3,6-7,12-13,20H,2,4-5,8-11H2,1H3,(H,18,21)/t12-,13+/m1/s1. The highest BCUT2D eigenvalue weighted by molar-refractivity contribution is 7.98. The molecule has 6 nitrogen and oxygen atoms in total. The normalized spacial score (nSPS) is 19.7. The number of nitrogens with one attached hydrogen (secondary N) is 1. The molecule has 0 unspecified atom stereocenters. The van der Waals surface area contributed by atoms with Gasteiger partial charge in [-0.3, -0.25) is 4.79 Å². The van der Waals surface area contributed by atoms with Crippen molar-refractivity contribution in [1.82, 2.24) is 15.3 Å². The van der Waals surface area contributed by atoms with Crippen LogP contribution in [0.1, 0.15) is 19.3 Å². The van der Waals surface area contributed by atoms with Crippen molar-refractivity contribution in [2.24, 2.45) is 5.92 Å². The maximum absolute atomic E-state index is 12.4. The molecule has 7 heteroatoms. The summed E-state index contributed by atoms with van der Waals surface area (Å²) in [4.78, 5) is 23.0. The number of carbonyl (C=O) groups is 1. The summed E-state index contributed by atoms with van der Waals surface area (Å²) in [7, 11) is 0. The smallest absolute Gasteiger partial charge is 0.225 e. The Bertz CT molecular complexity index is 460. The minimum Gasteiger partial charge on any atom is -0.394 e. The number of hydrogen-bond donors (Lipinski definition) is 2. The maximum Gasteiger partial charge on any atom is 0.225 e. The Kier molecular flexibility index (Phi) is 6.92. The first-order valence-electron chi connectivity index (χ1n) is 7.66. The molecule has 0 aliphatic carbocycles. The second kappa shape index (κ2) is 8.95. The van der Waals surface area contributed by atoms with Crippen molar-refractivity contribution in [3.63, 3.8) is 0 Å². The third kappa shape index (κ3) is 4.84. The average molecular weight is 324 g/mol. The summed E-state index contributed by atoms with van der Waals surface area (Å²) in [6, 6.07) is 1.64. The van der Waals surface area contributed by atoms with Crippen molar-refractivity contribution in [3.8, 4) is 0 Å². The number of aromatic nitrogens is 2. The van der Waals surface area contributed by atoms with Gasteiger partial charge in [-0.05, 0) is 37.3 Å². The largest absolute Gasteiger partial charge is 0.394 e. The highest BCUT2D eigenvalue weighted by Gasteiger charge is 2.28. The van der Waals surface area contributed by atoms with E-state index in [0.717, 1.165) is 31.6 Å². The van der Waals surface area contributed by atoms with Crippen LogP contribution >= 0.6 is 11.8 Å². The van der Waals surface area contributed by atoms with Crippen LogP contribution in [0.25, 0.3) is 0 Å². The van der Waals surface area contributed by atoms with E-state index in [1.54, 1.807) is 30.2 Å². The summed E-state index contributed by atoms with van der Waals surface area (Å²) in [5, 5.41) is 12.3. The van der Waals surface area contributed by atoms with Crippen molar-refractivity contribution in [2.45, 2.75) is 25.3 Å². The van der Waals surface area contributed by atoms with Crippen LogP contribution in [-0.4, -0.2) is 58.7 Å². The Labute approximate surface area is 135 Å². The fraction of sp³-hybridized carbons (Fsp3) is 0.667. The predicted molar refractivity (Wildman–Crippen MR) is 89.0 cm³/mol. The molecule has 2 heterocycles. The van der Waals surface area contributed by atoms with Gasteiger partial charge >= 0.3 is 0 Å². The minimum atomic E-state index is -0.150. The van der Waals surface area contributed by atoms with E-state index in [1.807, 2.05) is 6.26 Å². The quantitative estimate of drug-likeness (QED) is 0.777. The zero-order chi connectivity index (χ0) is 15.8. The Morgan fingerprint density at radius 3 is 3.00 bits per heavy atom. The topological polar surface area (TPSA) is 78.4 Å². The van der Waals surface area contributed by atoms with Crippen molar-refractivity contribution in [3.05, 3.63) is 18.5 Å². The molecule has 0 spiro atoms. The van der Waals surface area contributed by atoms with Crippen LogP contribution in [0.3, 0.4) is 0 Å². The third-order valence-electron chi connectivity index (χ3n) is 3.86. The summed E-state index contributed by atoms with van der Waals surface area (Å²) >= 11 is 1.72. The average Bonchev–Trinajstić information content (AvgIpc) is 2.59. The minimum absolute atomic E-state index is 0.00939. The lowest BCUT2D eigenvalue weighted by Gasteiger charge is -2.32. The Balaban J connectivity index is 1.89. The molecule has 0 saturated carbocycles. The van der Waals surface area contributed by atoms with E-state index in [4.69, 9.17) is 0 Å². The summed E-state index contributed by atoms with van der Waals surface area (Å²) < 4.78 is 0. The van der Waals surface area contributed by atoms with Gasteiger partial charge in [0.25, 0.3) is 0 Å². The van der Waals surface area contributed by atoms with Crippen LogP contribution in [0, 0.1) is 5.92 Å². The lowest BCUT2D eigenvalue weighted by atomic mass is 9.97. The number of thioether (sulfide) groups is 1. The first-order chi connectivity index (χ1) is 10.7. The second-order valence-corrected chi connectivity index (χ2v) is 6.49. The third-order valence-corrected chi connectivity index (χ3v) is 4.51. The summed E-state index contributed by atoms with van der Waals surface area (Å²) in [6.45, 7) is 1.50. The monoisotopic (exact) mass is 324 g/mol. The highest BCUT2D eigenvalue weighted by Crippen LogP contribution is 2.20. The van der Waals surface area contributed by atoms with Gasteiger partial charge in [0.05, 0.1) is 18.6 Å². The molecule has 1 fully saturated rings. The van der Waals surface area contributed by atoms with Crippen LogP contribution in [-0.2, 0) is 4.79 Å². The van der Waals surface area contributed by atoms with Crippen LogP contribution in [0.4, 0.5) is 5.95 Å². The van der Waals surface area contributed by atoms with Crippen molar-refractivity contribution >= 4 is 23.6 Å². The fourth-order valence-electron chi connectivity index (χ4n) is 2.62. The highest BCUT2D eigenvalue weighted by atomic mass is 32.2. The fourth-order valence-corrected chi connectivity index (χ4v) is 3.14. The molecule has 1 aromatic heterocycles. The number of rotatable bonds is 7. The Morgan fingerprint density at radius 2 is 2.32 bits per heavy atom. The molecule has 0 radical (unpaired) electrons. The van der Waals surface area contributed by atoms with Gasteiger partial charge in [-0.15, -0.1) is 0 Å². The molecule has 1 aliphatic rings. The molecular weight excluding hydrogens is 300 g/mol. The Morgan fingerprint density at radius 1 is 1.55 bits per heavy atom. The van der Waals surface area contributed by atoms with Crippen molar-refractivity contribution in [1.29, 1.82) is 0 Å². The summed E-state index contributed by atoms with van der Waals surface area (Å²) in [5.41, 5.74) is 0. The van der Waals surface area contributed by atoms with Crippen LogP contribution in [0.2, 0.25) is 0 Å². The Hall–Kier alpha value is -1.34. The molecule has 2 N–H and O–H groups in total. The lowest BCUT2D eigenvalue weighted by Crippen LogP contribution is -2.47. The second-order valence-electron chi connectivity index (χ2n) is 5.50. The lowest BCUT2D eigenvalue weighted by molar-refractivity contribution is -0.126. The molecule has 2 atom stereocenters. The number of nitrogens with zero attached hydrogens (tertiary/aromatic N) is 3. The van der Waals surface area contributed by atoms with E-state index in [2.05, 4.69) is 20.2 Å². The molecule has 0 aromatic carbocycles. The van der Waals surface area contributed by atoms with Gasteiger partial charge in [0, 0.05) is 25.5 Å². The molecule has 1 aliphatic heterocycles. The van der Waals surface area contributed by atoms with E-state index >= 15 is 0 Å². The number of amides is 1. The van der Waals surface area contributed by atoms with Gasteiger partial charge in [-0.1, -0.05) is 0 Å². The SMILES string of the molecule is CSCC[C@@H](CO)NC(=O)[C@@H]1CCCN(c2ncccn2)C1. The number of carbonyl (C=O) groups excluding carboxylic acids is 1. The van der Waals surface area contributed by atoms with Gasteiger partial charge < -0.3 is 15.3 Å². The van der Waals surface area contributed by atoms with Crippen LogP contribution < -0.4 is 10.2 Å². The molecule has 2 rings (SSSR count). The van der Waals surface area contributed by atoms with E-state index in [-0.39, 0.29) is 24.5 Å². The predicted octanol–water partition coefficient (Wildman–Crippen LogP) is 0.923. The number of hydrogen-bond acceptors (Lipinski definition) is 6. The molecule has 1 amide bonds. The van der Waals surface area contributed by atoms with Crippen molar-refractivity contribution in [2.75, 3.05) is 36.6 Å². The van der Waals surface area contributed by atoms with Crippen molar-refractivity contribution < 1.29 is 9.90 Å². The van der Waals surface area contributed by atoms with Gasteiger partial charge in [0.2, 0.25) is 11.9 Å². The van der Waals surface area contributed by atoms with E-state index < -0.39 is 0 Å². The van der Waals surface area contributed by atoms with E-state index in [0.29, 0.717) is 12.5 Å². The van der Waals surface area contributed by atoms with E-state index in [9.17, 15) is 9.90 Å². The molecule has 122 valence electrons. The molecule has 0 bridgehead atoms. The van der Waals surface area contributed by atoms with E-state index in [1.165, 1.54) is 0 Å². The zero-order valence-electron chi connectivity index (χ0n) is 12.9. The van der Waals surface area contributed by atoms with Gasteiger partial charge in [0.1, 0.15) is 0 Å². The molecule has 1 aromatic rings. The van der Waals surface area contributed by atoms with Gasteiger partial charge in [-0.2, -0.15) is 11.8 Å². The van der Waals surface area contributed by atoms with Crippen LogP contribution in [0.15, 0.2) is 18.5 Å². The first-order valence-corrected chi connectivity index (χ1v) is 9.06. The molecule has 1 saturated heterocycles. The summed E-state index contributed by atoms with van der Waals surface area (Å²) in [6.07, 6.45) is 8.07. The first kappa shape index (κ1) is 17.0. The summed E-state index contributed by atoms with van der Waals surface area (Å²) in [5.74, 6) is 1.57. The zero-order valence-corrected chi connectivity index (χ0v) is 13.8. The van der Waals surface area contributed by atoms with Crippen LogP contribution in [0.5, 0.6) is 0 Å². The molecular formula is C15H24N4O2S. The number of aliphatic hydroxyl groups excluding tert-OH is 1.